The van der Waals surface area contributed by atoms with Crippen LogP contribution in [-0.2, 0) is 22.6 Å². The van der Waals surface area contributed by atoms with Crippen LogP contribution in [-0.4, -0.2) is 41.8 Å². The first-order valence-corrected chi connectivity index (χ1v) is 9.28. The number of carbonyl (C=O) groups excluding carboxylic acids is 1. The first-order valence-electron chi connectivity index (χ1n) is 9.28. The third-order valence-corrected chi connectivity index (χ3v) is 4.49. The first-order chi connectivity index (χ1) is 13.1. The van der Waals surface area contributed by atoms with E-state index in [1.165, 1.54) is 0 Å². The highest BCUT2D eigenvalue weighted by Crippen LogP contribution is 2.28. The van der Waals surface area contributed by atoms with Crippen LogP contribution in [0.1, 0.15) is 48.1 Å². The summed E-state index contributed by atoms with van der Waals surface area (Å²) in [6.07, 6.45) is 2.62. The number of amides is 1. The third kappa shape index (κ3) is 4.87. The number of nitrogens with zero attached hydrogens (tertiary/aromatic N) is 2. The Bertz CT molecular complexity index is 755. The number of methoxy groups -OCH3 is 1. The molecule has 0 saturated heterocycles. The van der Waals surface area contributed by atoms with Gasteiger partial charge in [0.2, 0.25) is 0 Å². The average Bonchev–Trinajstić information content (AvgIpc) is 3.10. The minimum atomic E-state index is -0.167. The maximum absolute atomic E-state index is 12.4. The molecule has 0 bridgehead atoms. The van der Waals surface area contributed by atoms with E-state index in [1.54, 1.807) is 13.4 Å². The molecule has 0 saturated carbocycles. The highest BCUT2D eigenvalue weighted by molar-refractivity contribution is 5.93. The van der Waals surface area contributed by atoms with Crippen molar-refractivity contribution in [2.24, 2.45) is 0 Å². The smallest absolute Gasteiger partial charge is 0.271 e. The number of benzene rings is 1. The summed E-state index contributed by atoms with van der Waals surface area (Å²) < 4.78 is 18.6. The molecule has 0 fully saturated rings. The van der Waals surface area contributed by atoms with E-state index in [4.69, 9.17) is 14.2 Å². The second kappa shape index (κ2) is 9.01. The quantitative estimate of drug-likeness (QED) is 0.720. The van der Waals surface area contributed by atoms with Gasteiger partial charge in [-0.2, -0.15) is 0 Å². The molecule has 0 unspecified atom stereocenters. The molecule has 0 radical (unpaired) electrons. The third-order valence-electron chi connectivity index (χ3n) is 4.49. The molecule has 2 heterocycles. The molecule has 7 heteroatoms. The van der Waals surface area contributed by atoms with E-state index in [2.05, 4.69) is 10.3 Å². The van der Waals surface area contributed by atoms with Gasteiger partial charge in [-0.25, -0.2) is 4.98 Å². The van der Waals surface area contributed by atoms with Crippen LogP contribution in [0.25, 0.3) is 0 Å². The Morgan fingerprint density at radius 3 is 2.85 bits per heavy atom. The van der Waals surface area contributed by atoms with E-state index in [1.807, 2.05) is 42.7 Å². The van der Waals surface area contributed by atoms with Crippen molar-refractivity contribution in [2.75, 3.05) is 20.3 Å². The van der Waals surface area contributed by atoms with Gasteiger partial charge in [-0.05, 0) is 38.0 Å². The molecule has 1 amide bonds. The predicted molar refractivity (Wildman–Crippen MR) is 101 cm³/mol. The van der Waals surface area contributed by atoms with Crippen LogP contribution in [0.15, 0.2) is 30.6 Å². The van der Waals surface area contributed by atoms with E-state index in [9.17, 15) is 4.79 Å². The average molecular weight is 373 g/mol. The van der Waals surface area contributed by atoms with Gasteiger partial charge in [-0.15, -0.1) is 0 Å². The minimum Gasteiger partial charge on any atom is -0.497 e. The Morgan fingerprint density at radius 2 is 2.15 bits per heavy atom. The molecular formula is C20H27N3O4. The number of hydrogen-bond donors (Lipinski definition) is 1. The normalized spacial score (nSPS) is 16.2. The lowest BCUT2D eigenvalue weighted by Gasteiger charge is -2.25. The van der Waals surface area contributed by atoms with Crippen LogP contribution in [0.4, 0.5) is 0 Å². The number of hydrogen-bond acceptors (Lipinski definition) is 5. The fraction of sp³-hybridized carbons (Fsp3) is 0.500. The van der Waals surface area contributed by atoms with Crippen LogP contribution in [0, 0.1) is 0 Å². The monoisotopic (exact) mass is 373 g/mol. The van der Waals surface area contributed by atoms with Crippen molar-refractivity contribution in [3.63, 3.8) is 0 Å². The molecule has 1 N–H and O–H groups in total. The Kier molecular flexibility index (Phi) is 6.47. The zero-order valence-corrected chi connectivity index (χ0v) is 16.1. The number of aromatic nitrogens is 2. The molecule has 1 aliphatic heterocycles. The molecule has 3 rings (SSSR count). The van der Waals surface area contributed by atoms with E-state index in [0.29, 0.717) is 32.0 Å². The van der Waals surface area contributed by atoms with Crippen LogP contribution < -0.4 is 10.1 Å². The zero-order valence-electron chi connectivity index (χ0n) is 16.1. The molecular weight excluding hydrogens is 346 g/mol. The fourth-order valence-corrected chi connectivity index (χ4v) is 3.01. The van der Waals surface area contributed by atoms with Crippen LogP contribution >= 0.6 is 0 Å². The molecule has 0 aliphatic carbocycles. The second-order valence-electron chi connectivity index (χ2n) is 6.79. The molecule has 146 valence electrons. The molecule has 1 atom stereocenters. The van der Waals surface area contributed by atoms with E-state index >= 15 is 0 Å². The summed E-state index contributed by atoms with van der Waals surface area (Å²) in [6.45, 7) is 6.17. The number of carbonyl (C=O) groups is 1. The van der Waals surface area contributed by atoms with Gasteiger partial charge in [0, 0.05) is 13.2 Å². The molecule has 1 aromatic carbocycles. The zero-order chi connectivity index (χ0) is 19.2. The summed E-state index contributed by atoms with van der Waals surface area (Å²) in [5, 5.41) is 2.90. The van der Waals surface area contributed by atoms with E-state index in [-0.39, 0.29) is 18.1 Å². The summed E-state index contributed by atoms with van der Waals surface area (Å²) in [4.78, 5) is 16.7. The van der Waals surface area contributed by atoms with Crippen LogP contribution in [0.3, 0.4) is 0 Å². The van der Waals surface area contributed by atoms with Crippen molar-refractivity contribution >= 4 is 5.91 Å². The minimum absolute atomic E-state index is 0.0679. The number of ether oxygens (including phenoxy) is 3. The largest absolute Gasteiger partial charge is 0.497 e. The molecule has 1 aliphatic rings. The van der Waals surface area contributed by atoms with Gasteiger partial charge in [-0.1, -0.05) is 12.1 Å². The van der Waals surface area contributed by atoms with Gasteiger partial charge >= 0.3 is 0 Å². The number of imidazole rings is 1. The summed E-state index contributed by atoms with van der Waals surface area (Å²) >= 11 is 0. The van der Waals surface area contributed by atoms with Crippen molar-refractivity contribution in [3.8, 4) is 5.75 Å². The number of fused-ring (bicyclic) bond motifs is 1. The first kappa shape index (κ1) is 19.4. The van der Waals surface area contributed by atoms with Gasteiger partial charge < -0.3 is 24.1 Å². The summed E-state index contributed by atoms with van der Waals surface area (Å²) in [5.74, 6) is 0.649. The van der Waals surface area contributed by atoms with Crippen LogP contribution in [0.5, 0.6) is 5.75 Å². The molecule has 2 aromatic rings. The van der Waals surface area contributed by atoms with Gasteiger partial charge in [0.15, 0.2) is 5.69 Å². The standard InChI is InChI=1S/C20H27N3O4/c1-14(2)26-10-4-9-21-20(24)19-17-12-27-18(11-23(17)13-22-19)15-5-7-16(25-3)8-6-15/h5-8,13-14,18H,4,9-12H2,1-3H3,(H,21,24)/t18-/m0/s1. The molecule has 1 aromatic heterocycles. The summed E-state index contributed by atoms with van der Waals surface area (Å²) in [5.41, 5.74) is 2.33. The number of rotatable bonds is 8. The van der Waals surface area contributed by atoms with Crippen molar-refractivity contribution in [1.29, 1.82) is 0 Å². The lowest BCUT2D eigenvalue weighted by molar-refractivity contribution is 0.00255. The number of nitrogens with one attached hydrogen (secondary N) is 1. The van der Waals surface area contributed by atoms with E-state index < -0.39 is 0 Å². The topological polar surface area (TPSA) is 74.6 Å². The molecule has 7 nitrogen and oxygen atoms in total. The maximum Gasteiger partial charge on any atom is 0.271 e. The van der Waals surface area contributed by atoms with Gasteiger partial charge in [0.1, 0.15) is 11.9 Å². The van der Waals surface area contributed by atoms with Crippen molar-refractivity contribution in [2.45, 2.75) is 45.6 Å². The van der Waals surface area contributed by atoms with Gasteiger partial charge in [0.05, 0.1) is 38.4 Å². The lowest BCUT2D eigenvalue weighted by atomic mass is 10.1. The van der Waals surface area contributed by atoms with Crippen molar-refractivity contribution in [3.05, 3.63) is 47.5 Å². The Labute approximate surface area is 159 Å². The van der Waals surface area contributed by atoms with Crippen molar-refractivity contribution < 1.29 is 19.0 Å². The highest BCUT2D eigenvalue weighted by Gasteiger charge is 2.26. The Balaban J connectivity index is 1.56. The predicted octanol–water partition coefficient (Wildman–Crippen LogP) is 2.71. The fourth-order valence-electron chi connectivity index (χ4n) is 3.01. The summed E-state index contributed by atoms with van der Waals surface area (Å²) in [7, 11) is 1.65. The Hall–Kier alpha value is -2.38. The Morgan fingerprint density at radius 1 is 1.37 bits per heavy atom. The van der Waals surface area contributed by atoms with Crippen molar-refractivity contribution in [1.82, 2.24) is 14.9 Å². The second-order valence-corrected chi connectivity index (χ2v) is 6.79. The van der Waals surface area contributed by atoms with E-state index in [0.717, 1.165) is 23.4 Å². The SMILES string of the molecule is COc1ccc([C@@H]2Cn3cnc(C(=O)NCCCOC(C)C)c3CO2)cc1. The molecule has 0 spiro atoms. The summed E-state index contributed by atoms with van der Waals surface area (Å²) in [6, 6.07) is 7.84. The lowest BCUT2D eigenvalue weighted by Crippen LogP contribution is -2.28. The molecule has 27 heavy (non-hydrogen) atoms. The maximum atomic E-state index is 12.4. The van der Waals surface area contributed by atoms with Gasteiger partial charge in [-0.3, -0.25) is 4.79 Å². The van der Waals surface area contributed by atoms with Crippen LogP contribution in [0.2, 0.25) is 0 Å². The highest BCUT2D eigenvalue weighted by atomic mass is 16.5. The van der Waals surface area contributed by atoms with Gasteiger partial charge in [0.25, 0.3) is 5.91 Å².